The zero-order chi connectivity index (χ0) is 10.1. The first-order valence-corrected chi connectivity index (χ1v) is 3.59. The van der Waals surface area contributed by atoms with Crippen molar-refractivity contribution in [2.75, 3.05) is 13.2 Å². The predicted molar refractivity (Wildman–Crippen MR) is 33.5 cm³/mol. The molecule has 1 aliphatic rings. The summed E-state index contributed by atoms with van der Waals surface area (Å²) in [4.78, 5) is 0. The number of aliphatic hydroxyl groups excluding tert-OH is 1. The van der Waals surface area contributed by atoms with E-state index in [0.29, 0.717) is 0 Å². The van der Waals surface area contributed by atoms with E-state index in [1.807, 2.05) is 0 Å². The van der Waals surface area contributed by atoms with Crippen LogP contribution in [-0.4, -0.2) is 36.8 Å². The van der Waals surface area contributed by atoms with Crippen molar-refractivity contribution in [1.82, 2.24) is 0 Å². The maximum absolute atomic E-state index is 13.2. The average Bonchev–Trinajstić information content (AvgIpc) is 2.18. The zero-order valence-electron chi connectivity index (χ0n) is 6.80. The molecule has 1 N–H and O–H groups in total. The van der Waals surface area contributed by atoms with Gasteiger partial charge in [0.25, 0.3) is 0 Å². The molecule has 1 heterocycles. The average molecular weight is 202 g/mol. The molecule has 1 fully saturated rings. The van der Waals surface area contributed by atoms with Crippen molar-refractivity contribution in [3.8, 4) is 0 Å². The molecule has 2 atom stereocenters. The summed E-state index contributed by atoms with van der Waals surface area (Å²) in [6, 6.07) is -2.99. The van der Waals surface area contributed by atoms with Crippen LogP contribution in [0.4, 0.5) is 13.2 Å². The second-order valence-corrected chi connectivity index (χ2v) is 2.48. The summed E-state index contributed by atoms with van der Waals surface area (Å²) in [7, 11) is 0. The van der Waals surface area contributed by atoms with E-state index in [-0.39, 0.29) is 0 Å². The Kier molecular flexibility index (Phi) is 2.81. The van der Waals surface area contributed by atoms with Crippen LogP contribution < -0.4 is 0 Å². The van der Waals surface area contributed by atoms with E-state index in [1.165, 1.54) is 0 Å². The SMILES string of the molecule is CC1OC(F)(F)OC1(F)OCCO. The summed E-state index contributed by atoms with van der Waals surface area (Å²) in [5.41, 5.74) is 0. The highest BCUT2D eigenvalue weighted by Gasteiger charge is 2.60. The van der Waals surface area contributed by atoms with Gasteiger partial charge < -0.3 is 9.84 Å². The first-order valence-electron chi connectivity index (χ1n) is 3.59. The summed E-state index contributed by atoms with van der Waals surface area (Å²) >= 11 is 0. The second kappa shape index (κ2) is 3.41. The van der Waals surface area contributed by atoms with Gasteiger partial charge in [0.15, 0.2) is 6.10 Å². The van der Waals surface area contributed by atoms with Crippen LogP contribution >= 0.6 is 0 Å². The number of alkyl halides is 3. The first kappa shape index (κ1) is 10.7. The summed E-state index contributed by atoms with van der Waals surface area (Å²) in [5.74, 6) is 0. The maximum atomic E-state index is 13.2. The molecule has 4 nitrogen and oxygen atoms in total. The number of aliphatic hydroxyl groups is 1. The molecule has 1 saturated heterocycles. The van der Waals surface area contributed by atoms with Crippen molar-refractivity contribution in [1.29, 1.82) is 0 Å². The Morgan fingerprint density at radius 2 is 2.08 bits per heavy atom. The molecule has 13 heavy (non-hydrogen) atoms. The van der Waals surface area contributed by atoms with E-state index in [4.69, 9.17) is 5.11 Å². The lowest BCUT2D eigenvalue weighted by atomic mass is 10.4. The fourth-order valence-corrected chi connectivity index (χ4v) is 0.877. The Hall–Kier alpha value is -0.370. The highest BCUT2D eigenvalue weighted by atomic mass is 19.3. The minimum atomic E-state index is -3.98. The number of ether oxygens (including phenoxy) is 3. The van der Waals surface area contributed by atoms with Crippen molar-refractivity contribution in [2.24, 2.45) is 0 Å². The third kappa shape index (κ3) is 2.31. The van der Waals surface area contributed by atoms with Gasteiger partial charge in [-0.25, -0.2) is 4.74 Å². The van der Waals surface area contributed by atoms with E-state index in [0.717, 1.165) is 6.92 Å². The molecule has 0 aromatic heterocycles. The molecule has 0 amide bonds. The van der Waals surface area contributed by atoms with Crippen LogP contribution in [0.1, 0.15) is 6.92 Å². The van der Waals surface area contributed by atoms with Gasteiger partial charge in [0, 0.05) is 0 Å². The molecule has 1 rings (SSSR count). The van der Waals surface area contributed by atoms with Gasteiger partial charge >= 0.3 is 12.3 Å². The van der Waals surface area contributed by atoms with Gasteiger partial charge in [-0.3, -0.25) is 4.74 Å². The van der Waals surface area contributed by atoms with Crippen molar-refractivity contribution >= 4 is 0 Å². The highest BCUT2D eigenvalue weighted by Crippen LogP contribution is 2.40. The number of halogens is 3. The number of hydrogen-bond acceptors (Lipinski definition) is 4. The van der Waals surface area contributed by atoms with Gasteiger partial charge in [-0.15, -0.1) is 8.78 Å². The summed E-state index contributed by atoms with van der Waals surface area (Å²) in [6.07, 6.45) is -5.53. The summed E-state index contributed by atoms with van der Waals surface area (Å²) < 4.78 is 49.5. The lowest BCUT2D eigenvalue weighted by Crippen LogP contribution is -2.37. The van der Waals surface area contributed by atoms with Crippen LogP contribution in [0, 0.1) is 0 Å². The molecule has 1 aliphatic heterocycles. The van der Waals surface area contributed by atoms with Crippen LogP contribution in [0.3, 0.4) is 0 Å². The zero-order valence-corrected chi connectivity index (χ0v) is 6.80. The van der Waals surface area contributed by atoms with Crippen LogP contribution in [0.2, 0.25) is 0 Å². The number of rotatable bonds is 3. The van der Waals surface area contributed by atoms with Crippen LogP contribution in [0.15, 0.2) is 0 Å². The normalized spacial score (nSPS) is 38.1. The van der Waals surface area contributed by atoms with E-state index in [2.05, 4.69) is 14.2 Å². The Morgan fingerprint density at radius 1 is 1.46 bits per heavy atom. The van der Waals surface area contributed by atoms with Gasteiger partial charge in [0.2, 0.25) is 0 Å². The molecule has 0 spiro atoms. The van der Waals surface area contributed by atoms with Gasteiger partial charge in [-0.05, 0) is 6.92 Å². The molecule has 78 valence electrons. The lowest BCUT2D eigenvalue weighted by molar-refractivity contribution is -0.408. The minimum Gasteiger partial charge on any atom is -0.394 e. The van der Waals surface area contributed by atoms with Crippen molar-refractivity contribution in [3.05, 3.63) is 0 Å². The van der Waals surface area contributed by atoms with Crippen LogP contribution in [0.25, 0.3) is 0 Å². The molecule has 7 heteroatoms. The van der Waals surface area contributed by atoms with Gasteiger partial charge in [0.1, 0.15) is 0 Å². The Bertz CT molecular complexity index is 189. The lowest BCUT2D eigenvalue weighted by Gasteiger charge is -2.19. The fraction of sp³-hybridized carbons (Fsp3) is 1.00. The molecule has 0 aromatic rings. The molecule has 0 radical (unpaired) electrons. The smallest absolute Gasteiger partial charge is 0.394 e. The fourth-order valence-electron chi connectivity index (χ4n) is 0.877. The van der Waals surface area contributed by atoms with Crippen molar-refractivity contribution in [2.45, 2.75) is 25.4 Å². The van der Waals surface area contributed by atoms with Crippen molar-refractivity contribution in [3.63, 3.8) is 0 Å². The van der Waals surface area contributed by atoms with E-state index < -0.39 is 31.7 Å². The summed E-state index contributed by atoms with van der Waals surface area (Å²) in [5, 5.41) is 8.28. The summed E-state index contributed by atoms with van der Waals surface area (Å²) in [6.45, 7) is 0.103. The first-order chi connectivity index (χ1) is 5.90. The Balaban J connectivity index is 2.58. The van der Waals surface area contributed by atoms with Gasteiger partial charge in [-0.1, -0.05) is 0 Å². The second-order valence-electron chi connectivity index (χ2n) is 2.48. The van der Waals surface area contributed by atoms with Crippen LogP contribution in [-0.2, 0) is 14.2 Å². The molecule has 0 saturated carbocycles. The molecule has 2 unspecified atom stereocenters. The number of hydrogen-bond donors (Lipinski definition) is 1. The molecular weight excluding hydrogens is 193 g/mol. The Morgan fingerprint density at radius 3 is 2.46 bits per heavy atom. The largest absolute Gasteiger partial charge is 0.490 e. The monoisotopic (exact) mass is 202 g/mol. The standard InChI is InChI=1S/C6H9F3O4/c1-4-5(7,11-3-2-10)13-6(8,9)12-4/h4,10H,2-3H2,1H3. The van der Waals surface area contributed by atoms with Crippen LogP contribution in [0.5, 0.6) is 0 Å². The van der Waals surface area contributed by atoms with Gasteiger partial charge in [0.05, 0.1) is 13.2 Å². The van der Waals surface area contributed by atoms with E-state index >= 15 is 0 Å². The third-order valence-corrected chi connectivity index (χ3v) is 1.45. The molecule has 0 aliphatic carbocycles. The highest BCUT2D eigenvalue weighted by molar-refractivity contribution is 4.72. The molecular formula is C6H9F3O4. The Labute approximate surface area is 72.2 Å². The quantitative estimate of drug-likeness (QED) is 0.728. The molecule has 0 bridgehead atoms. The third-order valence-electron chi connectivity index (χ3n) is 1.45. The van der Waals surface area contributed by atoms with Crippen molar-refractivity contribution < 1.29 is 32.5 Å². The minimum absolute atomic E-state index is 0.444. The van der Waals surface area contributed by atoms with E-state index in [9.17, 15) is 13.2 Å². The maximum Gasteiger partial charge on any atom is 0.490 e. The topological polar surface area (TPSA) is 47.9 Å². The predicted octanol–water partition coefficient (Wildman–Crippen LogP) is 0.604. The molecule has 0 aromatic carbocycles. The van der Waals surface area contributed by atoms with E-state index in [1.54, 1.807) is 0 Å². The van der Waals surface area contributed by atoms with Gasteiger partial charge in [-0.2, -0.15) is 4.39 Å².